The zero-order chi connectivity index (χ0) is 13.3. The van der Waals surface area contributed by atoms with E-state index in [0.29, 0.717) is 0 Å². The van der Waals surface area contributed by atoms with Crippen LogP contribution < -0.4 is 0 Å². The van der Waals surface area contributed by atoms with Gasteiger partial charge in [0.15, 0.2) is 0 Å². The fourth-order valence-corrected chi connectivity index (χ4v) is 1.04. The van der Waals surface area contributed by atoms with Gasteiger partial charge in [-0.25, -0.2) is 0 Å². The lowest BCUT2D eigenvalue weighted by Crippen LogP contribution is -2.41. The highest BCUT2D eigenvalue weighted by Crippen LogP contribution is 2.33. The first-order chi connectivity index (χ1) is 7.58. The topological polar surface area (TPSA) is 36.9 Å². The molecule has 0 N–H and O–H groups in total. The van der Waals surface area contributed by atoms with Gasteiger partial charge < -0.3 is 18.6 Å². The Labute approximate surface area is 106 Å². The largest absolute Gasteiger partial charge is 0.488 e. The molecular weight excluding hydrogens is 218 g/mol. The van der Waals surface area contributed by atoms with Gasteiger partial charge in [-0.3, -0.25) is 0 Å². The molecule has 0 amide bonds. The molecule has 17 heavy (non-hydrogen) atoms. The van der Waals surface area contributed by atoms with Gasteiger partial charge in [-0.2, -0.15) is 0 Å². The second-order valence-corrected chi connectivity index (χ2v) is 5.95. The average molecular weight is 240 g/mol. The van der Waals surface area contributed by atoms with Crippen molar-refractivity contribution in [3.63, 3.8) is 0 Å². The van der Waals surface area contributed by atoms with E-state index in [9.17, 15) is 0 Å². The van der Waals surface area contributed by atoms with Crippen molar-refractivity contribution in [1.29, 1.82) is 0 Å². The van der Waals surface area contributed by atoms with E-state index in [1.165, 1.54) is 15.4 Å². The third kappa shape index (κ3) is 3.47. The summed E-state index contributed by atoms with van der Waals surface area (Å²) in [5.41, 5.74) is -0.500. The van der Waals surface area contributed by atoms with E-state index in [0.717, 1.165) is 0 Å². The lowest BCUT2D eigenvalue weighted by molar-refractivity contribution is 0.00578. The molecule has 0 aromatic carbocycles. The fraction of sp³-hybridized carbons (Fsp3) is 1.00. The molecule has 2 aliphatic heterocycles. The van der Waals surface area contributed by atoms with Crippen LogP contribution in [0.3, 0.4) is 0 Å². The maximum atomic E-state index is 5.21. The summed E-state index contributed by atoms with van der Waals surface area (Å²) in [5.74, 6) is 0. The quantitative estimate of drug-likeness (QED) is 0.605. The van der Waals surface area contributed by atoms with Crippen LogP contribution in [0.25, 0.3) is 0 Å². The van der Waals surface area contributed by atoms with Gasteiger partial charge in [0, 0.05) is 0 Å². The monoisotopic (exact) mass is 240 g/mol. The van der Waals surface area contributed by atoms with E-state index < -0.39 is 0 Å². The molecule has 0 bridgehead atoms. The summed E-state index contributed by atoms with van der Waals surface area (Å²) < 4.78 is 20.5. The first kappa shape index (κ1) is 15.0. The third-order valence-corrected chi connectivity index (χ3v) is 3.73. The molecule has 0 saturated carbocycles. The second-order valence-electron chi connectivity index (χ2n) is 5.95. The molecule has 0 spiro atoms. The molecule has 2 radical (unpaired) electrons. The molecule has 0 aliphatic carbocycles. The molecule has 96 valence electrons. The summed E-state index contributed by atoms with van der Waals surface area (Å²) in [5, 5.41) is 0. The van der Waals surface area contributed by atoms with Crippen LogP contribution in [-0.4, -0.2) is 38.3 Å². The van der Waals surface area contributed by atoms with Gasteiger partial charge in [0.25, 0.3) is 0 Å². The fourth-order valence-electron chi connectivity index (χ4n) is 1.04. The Morgan fingerprint density at radius 1 is 0.765 bits per heavy atom. The minimum atomic E-state index is -0.188. The van der Waals surface area contributed by atoms with Gasteiger partial charge in [-0.15, -0.1) is 0 Å². The Morgan fingerprint density at radius 2 is 1.24 bits per heavy atom. The SMILES string of the molecule is CC1(C)O[B]OC1(C)C.CC1O[B]OC1(C)C. The highest BCUT2D eigenvalue weighted by Gasteiger charge is 2.44. The van der Waals surface area contributed by atoms with Gasteiger partial charge >= 0.3 is 15.4 Å². The molecule has 4 nitrogen and oxygen atoms in total. The van der Waals surface area contributed by atoms with Crippen LogP contribution in [0.15, 0.2) is 0 Å². The van der Waals surface area contributed by atoms with E-state index in [1.54, 1.807) is 0 Å². The van der Waals surface area contributed by atoms with Crippen molar-refractivity contribution < 1.29 is 18.6 Å². The third-order valence-electron chi connectivity index (χ3n) is 3.73. The predicted octanol–water partition coefficient (Wildman–Crippen LogP) is 1.86. The molecule has 2 saturated heterocycles. The van der Waals surface area contributed by atoms with Crippen molar-refractivity contribution in [3.8, 4) is 0 Å². The molecule has 6 heteroatoms. The second kappa shape index (κ2) is 4.92. The molecule has 1 atom stereocenters. The number of hydrogen-bond acceptors (Lipinski definition) is 4. The molecule has 2 rings (SSSR count). The summed E-state index contributed by atoms with van der Waals surface area (Å²) in [7, 11) is 2.82. The summed E-state index contributed by atoms with van der Waals surface area (Å²) in [4.78, 5) is 0. The lowest BCUT2D eigenvalue weighted by Gasteiger charge is -2.32. The van der Waals surface area contributed by atoms with Crippen LogP contribution in [-0.2, 0) is 18.6 Å². The van der Waals surface area contributed by atoms with E-state index >= 15 is 0 Å². The van der Waals surface area contributed by atoms with Crippen LogP contribution in [0, 0.1) is 0 Å². The van der Waals surface area contributed by atoms with Crippen LogP contribution >= 0.6 is 0 Å². The van der Waals surface area contributed by atoms with Crippen molar-refractivity contribution in [2.24, 2.45) is 0 Å². The Morgan fingerprint density at radius 3 is 1.35 bits per heavy atom. The van der Waals surface area contributed by atoms with Crippen molar-refractivity contribution in [1.82, 2.24) is 0 Å². The Hall–Kier alpha value is -0.0301. The van der Waals surface area contributed by atoms with Crippen molar-refractivity contribution in [2.45, 2.75) is 71.4 Å². The van der Waals surface area contributed by atoms with Gasteiger partial charge in [-0.05, 0) is 48.5 Å². The molecule has 2 aliphatic rings. The van der Waals surface area contributed by atoms with Crippen molar-refractivity contribution >= 4 is 15.4 Å². The Bertz CT molecular complexity index is 252. The summed E-state index contributed by atoms with van der Waals surface area (Å²) in [6.45, 7) is 14.0. The molecule has 2 fully saturated rings. The number of rotatable bonds is 0. The van der Waals surface area contributed by atoms with Crippen LogP contribution in [0.5, 0.6) is 0 Å². The molecule has 2 heterocycles. The molecule has 1 unspecified atom stereocenters. The zero-order valence-corrected chi connectivity index (χ0v) is 11.9. The van der Waals surface area contributed by atoms with E-state index in [1.807, 2.05) is 48.5 Å². The van der Waals surface area contributed by atoms with Gasteiger partial charge in [0.1, 0.15) is 0 Å². The van der Waals surface area contributed by atoms with Crippen LogP contribution in [0.2, 0.25) is 0 Å². The molecular formula is C11H22B2O4. The van der Waals surface area contributed by atoms with E-state index in [-0.39, 0.29) is 22.9 Å². The van der Waals surface area contributed by atoms with E-state index in [4.69, 9.17) is 18.6 Å². The molecule has 0 aromatic heterocycles. The Kier molecular flexibility index (Phi) is 4.35. The Balaban J connectivity index is 0.000000171. The maximum Gasteiger partial charge on any atom is 0.488 e. The highest BCUT2D eigenvalue weighted by atomic mass is 16.7. The van der Waals surface area contributed by atoms with Gasteiger partial charge in [0.2, 0.25) is 0 Å². The summed E-state index contributed by atoms with van der Waals surface area (Å²) in [6, 6.07) is 0. The first-order valence-electron chi connectivity index (χ1n) is 5.91. The lowest BCUT2D eigenvalue weighted by atomic mass is 9.90. The van der Waals surface area contributed by atoms with Gasteiger partial charge in [-0.1, -0.05) is 0 Å². The van der Waals surface area contributed by atoms with E-state index in [2.05, 4.69) is 0 Å². The standard InChI is InChI=1S/C6H12BO2.C5H10BO2/c1-5(2)6(3,4)9-7-8-5;1-4-5(2,3)8-6-7-4/h1-4H3;4H,1-3H3. The highest BCUT2D eigenvalue weighted by molar-refractivity contribution is 6.19. The number of hydrogen-bond donors (Lipinski definition) is 0. The minimum absolute atomic E-state index is 0.125. The summed E-state index contributed by atoms with van der Waals surface area (Å²) in [6.07, 6.45) is 0.183. The zero-order valence-electron chi connectivity index (χ0n) is 11.9. The van der Waals surface area contributed by atoms with Crippen molar-refractivity contribution in [3.05, 3.63) is 0 Å². The van der Waals surface area contributed by atoms with Crippen LogP contribution in [0.4, 0.5) is 0 Å². The minimum Gasteiger partial charge on any atom is -0.408 e. The average Bonchev–Trinajstić information content (AvgIpc) is 2.56. The van der Waals surface area contributed by atoms with Crippen molar-refractivity contribution in [2.75, 3.05) is 0 Å². The normalized spacial score (nSPS) is 32.1. The van der Waals surface area contributed by atoms with Crippen LogP contribution in [0.1, 0.15) is 48.5 Å². The molecule has 0 aromatic rings. The first-order valence-corrected chi connectivity index (χ1v) is 5.91. The smallest absolute Gasteiger partial charge is 0.408 e. The van der Waals surface area contributed by atoms with Gasteiger partial charge in [0.05, 0.1) is 22.9 Å². The summed E-state index contributed by atoms with van der Waals surface area (Å²) >= 11 is 0. The predicted molar refractivity (Wildman–Crippen MR) is 67.5 cm³/mol. The maximum absolute atomic E-state index is 5.21.